The summed E-state index contributed by atoms with van der Waals surface area (Å²) >= 11 is 0. The molecule has 0 aliphatic rings. The van der Waals surface area contributed by atoms with Crippen molar-refractivity contribution in [1.82, 2.24) is 10.7 Å². The summed E-state index contributed by atoms with van der Waals surface area (Å²) in [4.78, 5) is 23.9. The van der Waals surface area contributed by atoms with Crippen LogP contribution in [-0.2, 0) is 11.4 Å². The van der Waals surface area contributed by atoms with Crippen LogP contribution in [0.5, 0.6) is 5.75 Å². The zero-order valence-electron chi connectivity index (χ0n) is 17.6. The average Bonchev–Trinajstić information content (AvgIpc) is 2.78. The minimum absolute atomic E-state index is 0.157. The second-order valence-electron chi connectivity index (χ2n) is 7.19. The number of hydrogen-bond donors (Lipinski definition) is 2. The van der Waals surface area contributed by atoms with Gasteiger partial charge >= 0.3 is 0 Å². The van der Waals surface area contributed by atoms with Crippen LogP contribution in [0.1, 0.15) is 32.6 Å². The van der Waals surface area contributed by atoms with Gasteiger partial charge in [-0.2, -0.15) is 5.10 Å². The van der Waals surface area contributed by atoms with E-state index in [9.17, 15) is 9.59 Å². The third kappa shape index (κ3) is 7.12. The van der Waals surface area contributed by atoms with Gasteiger partial charge in [0.1, 0.15) is 12.4 Å². The van der Waals surface area contributed by atoms with Gasteiger partial charge < -0.3 is 10.1 Å². The van der Waals surface area contributed by atoms with Crippen molar-refractivity contribution in [3.63, 3.8) is 0 Å². The molecule has 0 saturated carbocycles. The fourth-order valence-corrected chi connectivity index (χ4v) is 2.69. The summed E-state index contributed by atoms with van der Waals surface area (Å²) in [7, 11) is 0. The number of nitrogens with zero attached hydrogens (tertiary/aromatic N) is 1. The van der Waals surface area contributed by atoms with E-state index in [4.69, 9.17) is 4.74 Å². The number of amides is 2. The Morgan fingerprint density at radius 2 is 1.48 bits per heavy atom. The molecule has 158 valence electrons. The van der Waals surface area contributed by atoms with Crippen molar-refractivity contribution in [2.75, 3.05) is 6.54 Å². The predicted octanol–water partition coefficient (Wildman–Crippen LogP) is 3.76. The van der Waals surface area contributed by atoms with Gasteiger partial charge in [-0.1, -0.05) is 47.5 Å². The SMILES string of the molecule is Cc1ccc(COc2ccc(/C=N/NC(=O)CNC(=O)c3ccc(C)cc3)cc2)cc1. The quantitative estimate of drug-likeness (QED) is 0.434. The smallest absolute Gasteiger partial charge is 0.259 e. The lowest BCUT2D eigenvalue weighted by Gasteiger charge is -2.07. The highest BCUT2D eigenvalue weighted by atomic mass is 16.5. The maximum absolute atomic E-state index is 12.0. The first-order valence-electron chi connectivity index (χ1n) is 9.95. The first-order chi connectivity index (χ1) is 15.0. The number of ether oxygens (including phenoxy) is 1. The van der Waals surface area contributed by atoms with E-state index in [0.717, 1.165) is 22.4 Å². The molecule has 6 heteroatoms. The molecule has 0 aliphatic carbocycles. The number of hydrogen-bond acceptors (Lipinski definition) is 4. The Labute approximate surface area is 182 Å². The Bertz CT molecular complexity index is 1040. The first-order valence-corrected chi connectivity index (χ1v) is 9.95. The first kappa shape index (κ1) is 21.8. The molecule has 2 N–H and O–H groups in total. The van der Waals surface area contributed by atoms with Gasteiger partial charge in [0.05, 0.1) is 12.8 Å². The van der Waals surface area contributed by atoms with Gasteiger partial charge in [0.2, 0.25) is 0 Å². The van der Waals surface area contributed by atoms with Gasteiger partial charge in [0.15, 0.2) is 0 Å². The maximum atomic E-state index is 12.0. The molecule has 0 spiro atoms. The molecule has 0 atom stereocenters. The van der Waals surface area contributed by atoms with Crippen LogP contribution in [-0.4, -0.2) is 24.6 Å². The van der Waals surface area contributed by atoms with Gasteiger partial charge in [0.25, 0.3) is 11.8 Å². The van der Waals surface area contributed by atoms with E-state index in [1.165, 1.54) is 11.8 Å². The Hall–Kier alpha value is -3.93. The van der Waals surface area contributed by atoms with E-state index in [2.05, 4.69) is 34.9 Å². The normalized spacial score (nSPS) is 10.6. The summed E-state index contributed by atoms with van der Waals surface area (Å²) in [6.07, 6.45) is 1.53. The molecule has 0 aliphatic heterocycles. The van der Waals surface area contributed by atoms with Crippen molar-refractivity contribution >= 4 is 18.0 Å². The summed E-state index contributed by atoms with van der Waals surface area (Å²) in [5, 5.41) is 6.48. The molecule has 6 nitrogen and oxygen atoms in total. The van der Waals surface area contributed by atoms with Gasteiger partial charge in [-0.05, 0) is 61.4 Å². The Kier molecular flexibility index (Phi) is 7.54. The van der Waals surface area contributed by atoms with Crippen LogP contribution in [0.25, 0.3) is 0 Å². The highest BCUT2D eigenvalue weighted by molar-refractivity contribution is 5.96. The van der Waals surface area contributed by atoms with Gasteiger partial charge in [-0.15, -0.1) is 0 Å². The predicted molar refractivity (Wildman–Crippen MR) is 121 cm³/mol. The van der Waals surface area contributed by atoms with E-state index in [-0.39, 0.29) is 12.5 Å². The number of aryl methyl sites for hydroxylation is 2. The Morgan fingerprint density at radius 1 is 0.871 bits per heavy atom. The van der Waals surface area contributed by atoms with Gasteiger partial charge in [0, 0.05) is 5.56 Å². The van der Waals surface area contributed by atoms with Crippen molar-refractivity contribution < 1.29 is 14.3 Å². The lowest BCUT2D eigenvalue weighted by atomic mass is 10.1. The molecule has 3 aromatic rings. The van der Waals surface area contributed by atoms with Crippen LogP contribution < -0.4 is 15.5 Å². The average molecular weight is 415 g/mol. The Morgan fingerprint density at radius 3 is 2.13 bits per heavy atom. The molecule has 3 rings (SSSR count). The second kappa shape index (κ2) is 10.7. The molecule has 0 bridgehead atoms. The summed E-state index contributed by atoms with van der Waals surface area (Å²) < 4.78 is 5.77. The highest BCUT2D eigenvalue weighted by Gasteiger charge is 2.07. The van der Waals surface area contributed by atoms with Crippen LogP contribution in [0.3, 0.4) is 0 Å². The topological polar surface area (TPSA) is 79.8 Å². The molecular formula is C25H25N3O3. The zero-order chi connectivity index (χ0) is 22.1. The molecule has 0 aromatic heterocycles. The molecule has 2 amide bonds. The van der Waals surface area contributed by atoms with E-state index < -0.39 is 5.91 Å². The van der Waals surface area contributed by atoms with Crippen molar-refractivity contribution in [1.29, 1.82) is 0 Å². The lowest BCUT2D eigenvalue weighted by molar-refractivity contribution is -0.120. The number of hydrazone groups is 1. The summed E-state index contributed by atoms with van der Waals surface area (Å²) in [5.41, 5.74) is 7.10. The molecule has 0 fully saturated rings. The van der Waals surface area contributed by atoms with Crippen molar-refractivity contribution in [3.05, 3.63) is 101 Å². The fourth-order valence-electron chi connectivity index (χ4n) is 2.69. The largest absolute Gasteiger partial charge is 0.489 e. The minimum Gasteiger partial charge on any atom is -0.489 e. The van der Waals surface area contributed by atoms with Crippen molar-refractivity contribution in [2.24, 2.45) is 5.10 Å². The van der Waals surface area contributed by atoms with Crippen molar-refractivity contribution in [3.8, 4) is 5.75 Å². The van der Waals surface area contributed by atoms with Crippen LogP contribution in [0.15, 0.2) is 77.9 Å². The summed E-state index contributed by atoms with van der Waals surface area (Å²) in [5.74, 6) is 0.0377. The summed E-state index contributed by atoms with van der Waals surface area (Å²) in [6, 6.07) is 22.7. The molecule has 31 heavy (non-hydrogen) atoms. The number of carbonyl (C=O) groups excluding carboxylic acids is 2. The van der Waals surface area contributed by atoms with Crippen LogP contribution in [0, 0.1) is 13.8 Å². The molecule has 0 heterocycles. The van der Waals surface area contributed by atoms with E-state index in [1.807, 2.05) is 55.5 Å². The molecule has 0 saturated heterocycles. The number of benzene rings is 3. The summed E-state index contributed by atoms with van der Waals surface area (Å²) in [6.45, 7) is 4.34. The number of rotatable bonds is 8. The van der Waals surface area contributed by atoms with Crippen molar-refractivity contribution in [2.45, 2.75) is 20.5 Å². The molecule has 3 aromatic carbocycles. The van der Waals surface area contributed by atoms with E-state index in [0.29, 0.717) is 12.2 Å². The Balaban J connectivity index is 1.40. The number of carbonyl (C=O) groups is 2. The standard InChI is InChI=1S/C25H25N3O3/c1-18-3-7-21(8-4-18)17-31-23-13-9-20(10-14-23)15-27-28-24(29)16-26-25(30)22-11-5-19(2)6-12-22/h3-15H,16-17H2,1-2H3,(H,26,30)(H,28,29)/b27-15+. The highest BCUT2D eigenvalue weighted by Crippen LogP contribution is 2.14. The third-order valence-corrected chi connectivity index (χ3v) is 4.53. The third-order valence-electron chi connectivity index (χ3n) is 4.53. The van der Waals surface area contributed by atoms with E-state index in [1.54, 1.807) is 12.1 Å². The van der Waals surface area contributed by atoms with Crippen LogP contribution >= 0.6 is 0 Å². The number of nitrogens with one attached hydrogen (secondary N) is 2. The van der Waals surface area contributed by atoms with Crippen LogP contribution in [0.2, 0.25) is 0 Å². The van der Waals surface area contributed by atoms with E-state index >= 15 is 0 Å². The van der Waals surface area contributed by atoms with Gasteiger partial charge in [-0.3, -0.25) is 9.59 Å². The minimum atomic E-state index is -0.408. The maximum Gasteiger partial charge on any atom is 0.259 e. The van der Waals surface area contributed by atoms with Gasteiger partial charge in [-0.25, -0.2) is 5.43 Å². The molecular weight excluding hydrogens is 390 g/mol. The molecule has 0 unspecified atom stereocenters. The zero-order valence-corrected chi connectivity index (χ0v) is 17.6. The monoisotopic (exact) mass is 415 g/mol. The van der Waals surface area contributed by atoms with Crippen LogP contribution in [0.4, 0.5) is 0 Å². The fraction of sp³-hybridized carbons (Fsp3) is 0.160. The lowest BCUT2D eigenvalue weighted by Crippen LogP contribution is -2.34. The molecule has 0 radical (unpaired) electrons. The second-order valence-corrected chi connectivity index (χ2v) is 7.19.